The fourth-order valence-corrected chi connectivity index (χ4v) is 3.63. The molecule has 2 aliphatic heterocycles. The molecule has 9 heteroatoms. The van der Waals surface area contributed by atoms with Crippen molar-refractivity contribution >= 4 is 5.82 Å². The number of anilines is 1. The second-order valence-electron chi connectivity index (χ2n) is 6.82. The van der Waals surface area contributed by atoms with Crippen LogP contribution in [0.5, 0.6) is 0 Å². The zero-order valence-corrected chi connectivity index (χ0v) is 13.6. The molecule has 4 atom stereocenters. The number of nitrogens with zero attached hydrogens (tertiary/aromatic N) is 3. The largest absolute Gasteiger partial charge is 0.419 e. The molecular weight excluding hydrogens is 339 g/mol. The van der Waals surface area contributed by atoms with Gasteiger partial charge in [0.1, 0.15) is 11.9 Å². The number of pyridine rings is 1. The fourth-order valence-electron chi connectivity index (χ4n) is 3.63. The summed E-state index contributed by atoms with van der Waals surface area (Å²) in [5.74, 6) is 0.0596. The minimum Gasteiger partial charge on any atom is -0.389 e. The zero-order chi connectivity index (χ0) is 18.2. The van der Waals surface area contributed by atoms with E-state index in [0.717, 1.165) is 6.07 Å². The van der Waals surface area contributed by atoms with Gasteiger partial charge in [0.25, 0.3) is 0 Å². The molecule has 2 saturated heterocycles. The van der Waals surface area contributed by atoms with Crippen LogP contribution in [0, 0.1) is 5.92 Å². The summed E-state index contributed by atoms with van der Waals surface area (Å²) in [7, 11) is 0. The molecule has 3 N–H and O–H groups in total. The number of alkyl halides is 3. The van der Waals surface area contributed by atoms with Crippen LogP contribution in [0.1, 0.15) is 12.0 Å². The predicted molar refractivity (Wildman–Crippen MR) is 84.0 cm³/mol. The lowest BCUT2D eigenvalue weighted by molar-refractivity contribution is -0.137. The summed E-state index contributed by atoms with van der Waals surface area (Å²) in [4.78, 5) is 7.41. The highest BCUT2D eigenvalue weighted by atomic mass is 19.4. The number of aliphatic hydroxyl groups excluding tert-OH is 3. The summed E-state index contributed by atoms with van der Waals surface area (Å²) in [6.45, 7) is 1.95. The molecule has 0 radical (unpaired) electrons. The zero-order valence-electron chi connectivity index (χ0n) is 13.6. The lowest BCUT2D eigenvalue weighted by Crippen LogP contribution is -2.56. The molecule has 1 aromatic heterocycles. The molecule has 0 saturated carbocycles. The summed E-state index contributed by atoms with van der Waals surface area (Å²) < 4.78 is 39.4. The van der Waals surface area contributed by atoms with Gasteiger partial charge in [0.15, 0.2) is 0 Å². The normalized spacial score (nSPS) is 31.5. The number of piperidine rings is 1. The quantitative estimate of drug-likeness (QED) is 0.720. The lowest BCUT2D eigenvalue weighted by atomic mass is 10.00. The maximum absolute atomic E-state index is 13.1. The maximum Gasteiger partial charge on any atom is 0.419 e. The van der Waals surface area contributed by atoms with Crippen molar-refractivity contribution in [3.8, 4) is 0 Å². The molecule has 0 amide bonds. The van der Waals surface area contributed by atoms with Crippen LogP contribution in [0.3, 0.4) is 0 Å². The van der Waals surface area contributed by atoms with Gasteiger partial charge in [-0.1, -0.05) is 0 Å². The topological polar surface area (TPSA) is 80.1 Å². The van der Waals surface area contributed by atoms with Crippen molar-refractivity contribution in [3.63, 3.8) is 0 Å². The molecule has 0 aromatic carbocycles. The Hall–Kier alpha value is -1.42. The van der Waals surface area contributed by atoms with Crippen molar-refractivity contribution < 1.29 is 28.5 Å². The van der Waals surface area contributed by atoms with Crippen LogP contribution in [0.4, 0.5) is 19.0 Å². The van der Waals surface area contributed by atoms with Crippen molar-refractivity contribution in [2.45, 2.75) is 30.9 Å². The summed E-state index contributed by atoms with van der Waals surface area (Å²) >= 11 is 0. The Labute approximate surface area is 143 Å². The first-order valence-electron chi connectivity index (χ1n) is 8.29. The lowest BCUT2D eigenvalue weighted by Gasteiger charge is -2.38. The first-order chi connectivity index (χ1) is 11.8. The number of halogens is 3. The first-order valence-corrected chi connectivity index (χ1v) is 8.29. The van der Waals surface area contributed by atoms with Crippen LogP contribution in [-0.2, 0) is 6.18 Å². The van der Waals surface area contributed by atoms with E-state index in [1.807, 2.05) is 4.90 Å². The Morgan fingerprint density at radius 3 is 2.44 bits per heavy atom. The van der Waals surface area contributed by atoms with E-state index in [0.29, 0.717) is 26.1 Å². The van der Waals surface area contributed by atoms with Gasteiger partial charge in [0, 0.05) is 38.9 Å². The highest BCUT2D eigenvalue weighted by Crippen LogP contribution is 2.36. The molecule has 2 fully saturated rings. The van der Waals surface area contributed by atoms with E-state index in [2.05, 4.69) is 4.98 Å². The van der Waals surface area contributed by atoms with Gasteiger partial charge < -0.3 is 20.2 Å². The molecular formula is C16H22F3N3O3. The Balaban J connectivity index is 1.63. The highest BCUT2D eigenvalue weighted by Gasteiger charge is 2.38. The van der Waals surface area contributed by atoms with Gasteiger partial charge in [-0.25, -0.2) is 4.98 Å². The van der Waals surface area contributed by atoms with Crippen molar-refractivity contribution in [1.29, 1.82) is 0 Å². The van der Waals surface area contributed by atoms with E-state index in [1.165, 1.54) is 12.3 Å². The van der Waals surface area contributed by atoms with E-state index in [9.17, 15) is 28.5 Å². The molecule has 25 heavy (non-hydrogen) atoms. The standard InChI is InChI=1S/C16H22F3N3O3/c17-16(18,19)11-2-1-4-20-15(11)22-5-3-10(7-22)6-21-8-12(23)14(25)13(24)9-21/h1-2,4,10,12-14,23-25H,3,5-9H2/t10?,12-,13+,14?. The Kier molecular flexibility index (Phi) is 5.19. The smallest absolute Gasteiger partial charge is 0.389 e. The van der Waals surface area contributed by atoms with Crippen molar-refractivity contribution in [1.82, 2.24) is 9.88 Å². The van der Waals surface area contributed by atoms with Gasteiger partial charge in [-0.15, -0.1) is 0 Å². The van der Waals surface area contributed by atoms with Gasteiger partial charge in [-0.05, 0) is 24.5 Å². The molecule has 2 aliphatic rings. The summed E-state index contributed by atoms with van der Waals surface area (Å²) in [5.41, 5.74) is -0.734. The minimum atomic E-state index is -4.45. The number of aliphatic hydroxyl groups is 3. The van der Waals surface area contributed by atoms with Crippen molar-refractivity contribution in [2.75, 3.05) is 37.6 Å². The van der Waals surface area contributed by atoms with E-state index >= 15 is 0 Å². The minimum absolute atomic E-state index is 0.0494. The predicted octanol–water partition coefficient (Wildman–Crippen LogP) is 0.325. The molecule has 0 aliphatic carbocycles. The SMILES string of the molecule is OC1[C@H](O)CN(CC2CCN(c3ncccc3C(F)(F)F)C2)C[C@@H]1O. The average molecular weight is 361 g/mol. The van der Waals surface area contributed by atoms with Gasteiger partial charge in [0.2, 0.25) is 0 Å². The van der Waals surface area contributed by atoms with Crippen LogP contribution >= 0.6 is 0 Å². The molecule has 2 unspecified atom stereocenters. The van der Waals surface area contributed by atoms with Crippen LogP contribution < -0.4 is 4.90 Å². The second kappa shape index (κ2) is 7.06. The summed E-state index contributed by atoms with van der Waals surface area (Å²) in [6, 6.07) is 2.32. The monoisotopic (exact) mass is 361 g/mol. The van der Waals surface area contributed by atoms with E-state index in [-0.39, 0.29) is 24.8 Å². The molecule has 0 bridgehead atoms. The molecule has 6 nitrogen and oxygen atoms in total. The number of β-amino-alcohol motifs (C(OH)–C–C–N with tert-alkyl or cyclic N) is 2. The van der Waals surface area contributed by atoms with E-state index in [4.69, 9.17) is 0 Å². The fraction of sp³-hybridized carbons (Fsp3) is 0.688. The first kappa shape index (κ1) is 18.4. The molecule has 3 rings (SSSR count). The Morgan fingerprint density at radius 2 is 1.80 bits per heavy atom. The maximum atomic E-state index is 13.1. The van der Waals surface area contributed by atoms with Gasteiger partial charge in [-0.3, -0.25) is 4.90 Å². The Morgan fingerprint density at radius 1 is 1.12 bits per heavy atom. The van der Waals surface area contributed by atoms with Crippen LogP contribution in [0.25, 0.3) is 0 Å². The number of hydrogen-bond donors (Lipinski definition) is 3. The van der Waals surface area contributed by atoms with Crippen LogP contribution in [0.2, 0.25) is 0 Å². The van der Waals surface area contributed by atoms with E-state index in [1.54, 1.807) is 4.90 Å². The third kappa shape index (κ3) is 4.05. The molecule has 140 valence electrons. The van der Waals surface area contributed by atoms with Gasteiger partial charge >= 0.3 is 6.18 Å². The van der Waals surface area contributed by atoms with Gasteiger partial charge in [-0.2, -0.15) is 13.2 Å². The number of likely N-dealkylation sites (tertiary alicyclic amines) is 1. The summed E-state index contributed by atoms with van der Waals surface area (Å²) in [5, 5.41) is 29.1. The van der Waals surface area contributed by atoms with Crippen molar-refractivity contribution in [3.05, 3.63) is 23.9 Å². The third-order valence-electron chi connectivity index (χ3n) is 4.87. The third-order valence-corrected chi connectivity index (χ3v) is 4.87. The Bertz CT molecular complexity index is 589. The number of hydrogen-bond acceptors (Lipinski definition) is 6. The van der Waals surface area contributed by atoms with Crippen LogP contribution in [-0.4, -0.2) is 76.2 Å². The number of rotatable bonds is 3. The molecule has 0 spiro atoms. The summed E-state index contributed by atoms with van der Waals surface area (Å²) in [6.07, 6.45) is -5.57. The van der Waals surface area contributed by atoms with Crippen LogP contribution in [0.15, 0.2) is 18.3 Å². The van der Waals surface area contributed by atoms with E-state index < -0.39 is 30.1 Å². The highest BCUT2D eigenvalue weighted by molar-refractivity contribution is 5.49. The van der Waals surface area contributed by atoms with Gasteiger partial charge in [0.05, 0.1) is 17.8 Å². The second-order valence-corrected chi connectivity index (χ2v) is 6.82. The number of aromatic nitrogens is 1. The average Bonchev–Trinajstić information content (AvgIpc) is 3.00. The van der Waals surface area contributed by atoms with Crippen molar-refractivity contribution in [2.24, 2.45) is 5.92 Å². The molecule has 1 aromatic rings. The molecule has 3 heterocycles.